The Morgan fingerprint density at radius 3 is 2.47 bits per heavy atom. The summed E-state index contributed by atoms with van der Waals surface area (Å²) in [6, 6.07) is 7.98. The SMILES string of the molecule is CC(=O)N1C[C@@H]2C[C@@]3(C)[C@H](CCCC[C@@H]13)N2C(=O)Cn1c(=O)n(C)c2ccccc21. The lowest BCUT2D eigenvalue weighted by atomic mass is 9.71. The minimum absolute atomic E-state index is 0.00164. The van der Waals surface area contributed by atoms with Crippen molar-refractivity contribution in [1.82, 2.24) is 18.9 Å². The van der Waals surface area contributed by atoms with Crippen molar-refractivity contribution in [1.29, 1.82) is 0 Å². The molecule has 5 rings (SSSR count). The van der Waals surface area contributed by atoms with Crippen molar-refractivity contribution in [3.05, 3.63) is 34.7 Å². The summed E-state index contributed by atoms with van der Waals surface area (Å²) < 4.78 is 3.20. The van der Waals surface area contributed by atoms with Crippen LogP contribution in [0.5, 0.6) is 0 Å². The van der Waals surface area contributed by atoms with Gasteiger partial charge in [-0.3, -0.25) is 18.7 Å². The zero-order chi connectivity index (χ0) is 21.2. The van der Waals surface area contributed by atoms with E-state index in [1.165, 1.54) is 0 Å². The number of hydrogen-bond donors (Lipinski definition) is 0. The van der Waals surface area contributed by atoms with Crippen molar-refractivity contribution >= 4 is 22.8 Å². The lowest BCUT2D eigenvalue weighted by molar-refractivity contribution is -0.138. The molecule has 1 aliphatic carbocycles. The second-order valence-corrected chi connectivity index (χ2v) is 9.57. The van der Waals surface area contributed by atoms with Crippen LogP contribution in [0.25, 0.3) is 11.0 Å². The molecule has 160 valence electrons. The average molecular weight is 411 g/mol. The van der Waals surface area contributed by atoms with E-state index < -0.39 is 0 Å². The van der Waals surface area contributed by atoms with Gasteiger partial charge in [0.05, 0.1) is 17.1 Å². The molecule has 0 spiro atoms. The third-order valence-electron chi connectivity index (χ3n) is 7.95. The summed E-state index contributed by atoms with van der Waals surface area (Å²) in [6.45, 7) is 4.58. The Bertz CT molecular complexity index is 1090. The topological polar surface area (TPSA) is 67.6 Å². The summed E-state index contributed by atoms with van der Waals surface area (Å²) in [5.41, 5.74) is 1.39. The number of rotatable bonds is 2. The van der Waals surface area contributed by atoms with Crippen molar-refractivity contribution in [2.45, 2.75) is 70.6 Å². The van der Waals surface area contributed by atoms with E-state index in [9.17, 15) is 14.4 Å². The number of likely N-dealkylation sites (tertiary alicyclic amines) is 2. The van der Waals surface area contributed by atoms with E-state index in [1.54, 1.807) is 23.1 Å². The number of imidazole rings is 1. The highest BCUT2D eigenvalue weighted by Gasteiger charge is 2.60. The first-order valence-corrected chi connectivity index (χ1v) is 11.1. The lowest BCUT2D eigenvalue weighted by Crippen LogP contribution is -2.55. The number of aromatic nitrogens is 2. The highest BCUT2D eigenvalue weighted by Crippen LogP contribution is 2.53. The van der Waals surface area contributed by atoms with Crippen LogP contribution < -0.4 is 5.69 Å². The molecule has 2 saturated heterocycles. The van der Waals surface area contributed by atoms with Crippen molar-refractivity contribution < 1.29 is 9.59 Å². The van der Waals surface area contributed by atoms with Gasteiger partial charge in [-0.15, -0.1) is 0 Å². The summed E-state index contributed by atoms with van der Waals surface area (Å²) in [6.07, 6.45) is 5.11. The number of piperidine rings is 1. The minimum Gasteiger partial charge on any atom is -0.337 e. The van der Waals surface area contributed by atoms with Crippen LogP contribution in [-0.4, -0.2) is 55.4 Å². The van der Waals surface area contributed by atoms with Gasteiger partial charge in [0.1, 0.15) is 6.54 Å². The van der Waals surface area contributed by atoms with E-state index in [4.69, 9.17) is 0 Å². The van der Waals surface area contributed by atoms with Crippen molar-refractivity contribution in [3.8, 4) is 0 Å². The van der Waals surface area contributed by atoms with Gasteiger partial charge in [0, 0.05) is 38.0 Å². The number of carbonyl (C=O) groups excluding carboxylic acids is 2. The smallest absolute Gasteiger partial charge is 0.329 e. The van der Waals surface area contributed by atoms with Crippen LogP contribution in [0, 0.1) is 5.41 Å². The summed E-state index contributed by atoms with van der Waals surface area (Å²) >= 11 is 0. The van der Waals surface area contributed by atoms with Gasteiger partial charge in [0.2, 0.25) is 11.8 Å². The van der Waals surface area contributed by atoms with Crippen LogP contribution in [-0.2, 0) is 23.2 Å². The third kappa shape index (κ3) is 2.60. The van der Waals surface area contributed by atoms with Gasteiger partial charge in [0.15, 0.2) is 0 Å². The lowest BCUT2D eigenvalue weighted by Gasteiger charge is -2.46. The molecule has 1 aromatic carbocycles. The zero-order valence-electron chi connectivity index (χ0n) is 18.0. The number of hydrogen-bond acceptors (Lipinski definition) is 3. The molecule has 0 N–H and O–H groups in total. The van der Waals surface area contributed by atoms with Gasteiger partial charge in [-0.05, 0) is 31.4 Å². The Morgan fingerprint density at radius 1 is 1.10 bits per heavy atom. The molecule has 7 nitrogen and oxygen atoms in total. The van der Waals surface area contributed by atoms with E-state index in [0.29, 0.717) is 6.54 Å². The Morgan fingerprint density at radius 2 is 1.77 bits per heavy atom. The molecule has 2 aliphatic heterocycles. The summed E-state index contributed by atoms with van der Waals surface area (Å²) in [5.74, 6) is 0.106. The van der Waals surface area contributed by atoms with E-state index in [-0.39, 0.29) is 47.6 Å². The Hall–Kier alpha value is -2.57. The van der Waals surface area contributed by atoms with Crippen LogP contribution in [0.4, 0.5) is 0 Å². The summed E-state index contributed by atoms with van der Waals surface area (Å²) in [7, 11) is 1.75. The molecular formula is C23H30N4O3. The fraction of sp³-hybridized carbons (Fsp3) is 0.609. The van der Waals surface area contributed by atoms with Crippen LogP contribution in [0.2, 0.25) is 0 Å². The Kier molecular flexibility index (Phi) is 4.35. The van der Waals surface area contributed by atoms with Gasteiger partial charge in [-0.1, -0.05) is 31.9 Å². The maximum Gasteiger partial charge on any atom is 0.329 e. The number of carbonyl (C=O) groups is 2. The number of aryl methyl sites for hydroxylation is 1. The molecule has 1 saturated carbocycles. The number of amides is 2. The normalized spacial score (nSPS) is 30.6. The predicted molar refractivity (Wildman–Crippen MR) is 114 cm³/mol. The number of para-hydroxylation sites is 2. The average Bonchev–Trinajstić information content (AvgIpc) is 3.01. The van der Waals surface area contributed by atoms with Crippen molar-refractivity contribution in [3.63, 3.8) is 0 Å². The molecule has 3 fully saturated rings. The maximum absolute atomic E-state index is 13.6. The first-order valence-electron chi connectivity index (χ1n) is 11.1. The number of nitrogens with zero attached hydrogens (tertiary/aromatic N) is 4. The van der Waals surface area contributed by atoms with E-state index >= 15 is 0 Å². The molecule has 0 radical (unpaired) electrons. The van der Waals surface area contributed by atoms with Crippen LogP contribution in [0.3, 0.4) is 0 Å². The molecular weight excluding hydrogens is 380 g/mol. The minimum atomic E-state index is -0.165. The molecule has 7 heteroatoms. The fourth-order valence-electron chi connectivity index (χ4n) is 6.62. The molecule has 2 amide bonds. The Labute approximate surface area is 176 Å². The van der Waals surface area contributed by atoms with Gasteiger partial charge >= 0.3 is 5.69 Å². The van der Waals surface area contributed by atoms with Gasteiger partial charge < -0.3 is 9.80 Å². The monoisotopic (exact) mass is 410 g/mol. The molecule has 1 aromatic heterocycles. The fourth-order valence-corrected chi connectivity index (χ4v) is 6.62. The van der Waals surface area contributed by atoms with Crippen LogP contribution >= 0.6 is 0 Å². The van der Waals surface area contributed by atoms with E-state index in [0.717, 1.165) is 43.1 Å². The second kappa shape index (κ2) is 6.72. The van der Waals surface area contributed by atoms with Crippen LogP contribution in [0.15, 0.2) is 29.1 Å². The third-order valence-corrected chi connectivity index (χ3v) is 7.95. The quantitative estimate of drug-likeness (QED) is 0.762. The van der Waals surface area contributed by atoms with Crippen LogP contribution in [0.1, 0.15) is 46.0 Å². The molecule has 30 heavy (non-hydrogen) atoms. The zero-order valence-corrected chi connectivity index (χ0v) is 18.0. The molecule has 4 atom stereocenters. The highest BCUT2D eigenvalue weighted by molar-refractivity contribution is 5.82. The molecule has 3 aliphatic rings. The molecule has 0 unspecified atom stereocenters. The molecule has 2 bridgehead atoms. The highest BCUT2D eigenvalue weighted by atomic mass is 16.2. The summed E-state index contributed by atoms with van der Waals surface area (Å²) in [4.78, 5) is 43.0. The standard InChI is InChI=1S/C23H30N4O3/c1-15(28)25-13-16-12-23(2)19(25)10-6-7-11-20(23)27(16)21(29)14-26-18-9-5-4-8-17(18)24(3)22(26)30/h4-5,8-9,16,19-20H,6-7,10-14H2,1-3H3/t16-,19+,20-,23+/m0/s1. The van der Waals surface area contributed by atoms with E-state index in [1.807, 2.05) is 29.2 Å². The second-order valence-electron chi connectivity index (χ2n) is 9.57. The molecule has 3 heterocycles. The van der Waals surface area contributed by atoms with Gasteiger partial charge in [-0.2, -0.15) is 0 Å². The van der Waals surface area contributed by atoms with Gasteiger partial charge in [0.25, 0.3) is 0 Å². The number of fused-ring (bicyclic) bond motifs is 2. The largest absolute Gasteiger partial charge is 0.337 e. The van der Waals surface area contributed by atoms with Gasteiger partial charge in [-0.25, -0.2) is 4.79 Å². The van der Waals surface area contributed by atoms with E-state index in [2.05, 4.69) is 11.8 Å². The maximum atomic E-state index is 13.6. The Balaban J connectivity index is 1.52. The number of benzene rings is 1. The van der Waals surface area contributed by atoms with Crippen molar-refractivity contribution in [2.75, 3.05) is 6.54 Å². The first kappa shape index (κ1) is 19.4. The molecule has 2 aromatic rings. The first-order chi connectivity index (χ1) is 14.3. The predicted octanol–water partition coefficient (Wildman–Crippen LogP) is 2.12. The van der Waals surface area contributed by atoms with Crippen molar-refractivity contribution in [2.24, 2.45) is 12.5 Å². The summed E-state index contributed by atoms with van der Waals surface area (Å²) in [5, 5.41) is 0.